The minimum atomic E-state index is 0.165. The number of nitrogens with zero attached hydrogens (tertiary/aromatic N) is 1. The highest BCUT2D eigenvalue weighted by Gasteiger charge is 2.12. The molecular formula is C13H10N2O2. The molecule has 1 heterocycles. The molecule has 0 aliphatic carbocycles. The molecule has 3 N–H and O–H groups in total. The fourth-order valence-electron chi connectivity index (χ4n) is 1.89. The molecule has 1 aromatic heterocycles. The lowest BCUT2D eigenvalue weighted by Crippen LogP contribution is -1.85. The van der Waals surface area contributed by atoms with Gasteiger partial charge in [0.25, 0.3) is 0 Å². The summed E-state index contributed by atoms with van der Waals surface area (Å²) in [7, 11) is 0. The number of rotatable bonds is 1. The van der Waals surface area contributed by atoms with E-state index < -0.39 is 0 Å². The number of benzene rings is 2. The van der Waals surface area contributed by atoms with Crippen molar-refractivity contribution in [3.05, 3.63) is 42.6 Å². The van der Waals surface area contributed by atoms with Crippen LogP contribution in [0.25, 0.3) is 21.9 Å². The molecule has 0 radical (unpaired) electrons. The second-order valence-electron chi connectivity index (χ2n) is 3.82. The third kappa shape index (κ3) is 1.50. The van der Waals surface area contributed by atoms with Crippen LogP contribution < -0.4 is 5.73 Å². The Morgan fingerprint density at radius 2 is 1.76 bits per heavy atom. The fourth-order valence-corrected chi connectivity index (χ4v) is 1.89. The molecule has 0 aliphatic heterocycles. The summed E-state index contributed by atoms with van der Waals surface area (Å²) in [5.41, 5.74) is 6.88. The minimum absolute atomic E-state index is 0.165. The zero-order valence-electron chi connectivity index (χ0n) is 8.92. The molecule has 0 aliphatic rings. The van der Waals surface area contributed by atoms with Crippen LogP contribution in [0.2, 0.25) is 0 Å². The van der Waals surface area contributed by atoms with Crippen molar-refractivity contribution in [1.82, 2.24) is 5.16 Å². The van der Waals surface area contributed by atoms with E-state index in [1.165, 1.54) is 6.20 Å². The number of hydrogen-bond acceptors (Lipinski definition) is 4. The lowest BCUT2D eigenvalue weighted by atomic mass is 10.0. The second kappa shape index (κ2) is 3.52. The molecule has 0 spiro atoms. The molecule has 0 amide bonds. The topological polar surface area (TPSA) is 72.3 Å². The molecular weight excluding hydrogens is 216 g/mol. The van der Waals surface area contributed by atoms with E-state index in [-0.39, 0.29) is 11.6 Å². The van der Waals surface area contributed by atoms with Crippen molar-refractivity contribution in [2.45, 2.75) is 0 Å². The van der Waals surface area contributed by atoms with Crippen LogP contribution in [0.15, 0.2) is 47.1 Å². The first-order chi connectivity index (χ1) is 8.25. The van der Waals surface area contributed by atoms with E-state index in [0.29, 0.717) is 11.1 Å². The first kappa shape index (κ1) is 9.72. The molecule has 0 atom stereocenters. The Labute approximate surface area is 97.3 Å². The average molecular weight is 226 g/mol. The Hall–Kier alpha value is -2.49. The van der Waals surface area contributed by atoms with Gasteiger partial charge in [-0.25, -0.2) is 0 Å². The quantitative estimate of drug-likeness (QED) is 0.669. The Balaban J connectivity index is 2.30. The molecule has 17 heavy (non-hydrogen) atoms. The van der Waals surface area contributed by atoms with Gasteiger partial charge in [0.2, 0.25) is 5.88 Å². The number of nitrogens with two attached hydrogens (primary N) is 1. The normalized spacial score (nSPS) is 10.8. The summed E-state index contributed by atoms with van der Waals surface area (Å²) in [6.07, 6.45) is 1.50. The van der Waals surface area contributed by atoms with Crippen LogP contribution in [-0.4, -0.2) is 10.3 Å². The zero-order chi connectivity index (χ0) is 11.8. The minimum Gasteiger partial charge on any atom is -0.507 e. The van der Waals surface area contributed by atoms with Gasteiger partial charge in [0.15, 0.2) is 0 Å². The van der Waals surface area contributed by atoms with Crippen molar-refractivity contribution in [3.8, 4) is 16.9 Å². The summed E-state index contributed by atoms with van der Waals surface area (Å²) < 4.78 is 4.80. The van der Waals surface area contributed by atoms with E-state index in [1.807, 2.05) is 30.3 Å². The summed E-state index contributed by atoms with van der Waals surface area (Å²) in [6, 6.07) is 11.4. The number of fused-ring (bicyclic) bond motifs is 1. The molecule has 2 aromatic carbocycles. The average Bonchev–Trinajstić information content (AvgIpc) is 2.74. The molecule has 0 saturated heterocycles. The highest BCUT2D eigenvalue weighted by atomic mass is 16.5. The molecule has 4 nitrogen and oxygen atoms in total. The van der Waals surface area contributed by atoms with E-state index in [2.05, 4.69) is 5.16 Å². The van der Waals surface area contributed by atoms with E-state index in [0.717, 1.165) is 10.8 Å². The first-order valence-corrected chi connectivity index (χ1v) is 5.18. The number of phenolic OH excluding ortho intramolecular Hbond substituents is 1. The van der Waals surface area contributed by atoms with Gasteiger partial charge in [-0.1, -0.05) is 29.4 Å². The summed E-state index contributed by atoms with van der Waals surface area (Å²) >= 11 is 0. The van der Waals surface area contributed by atoms with Crippen LogP contribution in [-0.2, 0) is 0 Å². The highest BCUT2D eigenvalue weighted by molar-refractivity contribution is 5.91. The lowest BCUT2D eigenvalue weighted by molar-refractivity contribution is 0.436. The van der Waals surface area contributed by atoms with Gasteiger partial charge in [0, 0.05) is 5.56 Å². The van der Waals surface area contributed by atoms with Crippen molar-refractivity contribution in [3.63, 3.8) is 0 Å². The molecule has 0 fully saturated rings. The smallest absolute Gasteiger partial charge is 0.230 e. The molecule has 3 rings (SSSR count). The van der Waals surface area contributed by atoms with Crippen LogP contribution in [0.4, 0.5) is 5.88 Å². The lowest BCUT2D eigenvalue weighted by Gasteiger charge is -2.05. The number of hydrogen-bond donors (Lipinski definition) is 2. The van der Waals surface area contributed by atoms with Crippen molar-refractivity contribution in [2.24, 2.45) is 0 Å². The highest BCUT2D eigenvalue weighted by Crippen LogP contribution is 2.35. The maximum Gasteiger partial charge on any atom is 0.230 e. The van der Waals surface area contributed by atoms with Crippen molar-refractivity contribution in [2.75, 3.05) is 5.73 Å². The third-order valence-corrected chi connectivity index (χ3v) is 2.75. The zero-order valence-corrected chi connectivity index (χ0v) is 8.92. The van der Waals surface area contributed by atoms with Crippen LogP contribution in [0, 0.1) is 0 Å². The molecule has 0 bridgehead atoms. The fraction of sp³-hybridized carbons (Fsp3) is 0. The van der Waals surface area contributed by atoms with Gasteiger partial charge in [-0.05, 0) is 22.9 Å². The largest absolute Gasteiger partial charge is 0.507 e. The molecule has 84 valence electrons. The van der Waals surface area contributed by atoms with E-state index in [4.69, 9.17) is 10.3 Å². The number of anilines is 1. The van der Waals surface area contributed by atoms with Crippen molar-refractivity contribution >= 4 is 16.7 Å². The van der Waals surface area contributed by atoms with Crippen LogP contribution in [0.3, 0.4) is 0 Å². The second-order valence-corrected chi connectivity index (χ2v) is 3.82. The molecule has 0 unspecified atom stereocenters. The number of aromatic nitrogens is 1. The van der Waals surface area contributed by atoms with Crippen LogP contribution >= 0.6 is 0 Å². The Morgan fingerprint density at radius 3 is 2.41 bits per heavy atom. The molecule has 4 heteroatoms. The Bertz CT molecular complexity index is 689. The molecule has 0 saturated carbocycles. The van der Waals surface area contributed by atoms with E-state index in [1.54, 1.807) is 6.07 Å². The van der Waals surface area contributed by atoms with Gasteiger partial charge in [-0.15, -0.1) is 0 Å². The Kier molecular flexibility index (Phi) is 2.01. The van der Waals surface area contributed by atoms with Gasteiger partial charge >= 0.3 is 0 Å². The van der Waals surface area contributed by atoms with Crippen LogP contribution in [0.5, 0.6) is 5.75 Å². The predicted molar refractivity (Wildman–Crippen MR) is 65.5 cm³/mol. The van der Waals surface area contributed by atoms with Crippen molar-refractivity contribution in [1.29, 1.82) is 0 Å². The third-order valence-electron chi connectivity index (χ3n) is 2.75. The van der Waals surface area contributed by atoms with Gasteiger partial charge in [-0.3, -0.25) is 0 Å². The summed E-state index contributed by atoms with van der Waals surface area (Å²) in [5.74, 6) is 0.370. The van der Waals surface area contributed by atoms with Gasteiger partial charge in [0.1, 0.15) is 5.75 Å². The Morgan fingerprint density at radius 1 is 1.06 bits per heavy atom. The van der Waals surface area contributed by atoms with Crippen LogP contribution in [0.1, 0.15) is 0 Å². The number of aromatic hydroxyl groups is 1. The summed E-state index contributed by atoms with van der Waals surface area (Å²) in [6.45, 7) is 0. The maximum absolute atomic E-state index is 9.98. The maximum atomic E-state index is 9.98. The summed E-state index contributed by atoms with van der Waals surface area (Å²) in [4.78, 5) is 0. The molecule has 3 aromatic rings. The van der Waals surface area contributed by atoms with Gasteiger partial charge in [-0.2, -0.15) is 0 Å². The summed E-state index contributed by atoms with van der Waals surface area (Å²) in [5, 5.41) is 15.6. The standard InChI is InChI=1S/C13H10N2O2/c14-13-11(7-15-17-13)10-5-8-3-1-2-4-9(8)6-12(10)16/h1-7,16H,14H2. The van der Waals surface area contributed by atoms with Crippen molar-refractivity contribution < 1.29 is 9.63 Å². The number of nitrogen functional groups attached to an aromatic ring is 1. The van der Waals surface area contributed by atoms with Gasteiger partial charge in [0.05, 0.1) is 11.8 Å². The first-order valence-electron chi connectivity index (χ1n) is 5.18. The monoisotopic (exact) mass is 226 g/mol. The van der Waals surface area contributed by atoms with E-state index >= 15 is 0 Å². The number of phenols is 1. The SMILES string of the molecule is Nc1oncc1-c1cc2ccccc2cc1O. The predicted octanol–water partition coefficient (Wildman–Crippen LogP) is 2.78. The van der Waals surface area contributed by atoms with Gasteiger partial charge < -0.3 is 15.4 Å². The van der Waals surface area contributed by atoms with E-state index in [9.17, 15) is 5.11 Å².